The van der Waals surface area contributed by atoms with Gasteiger partial charge >= 0.3 is 0 Å². The van der Waals surface area contributed by atoms with Gasteiger partial charge in [0.15, 0.2) is 0 Å². The van der Waals surface area contributed by atoms with Crippen LogP contribution in [0.5, 0.6) is 0 Å². The number of hydrogen-bond donors (Lipinski definition) is 0. The van der Waals surface area contributed by atoms with Gasteiger partial charge in [-0.1, -0.05) is 32.6 Å². The van der Waals surface area contributed by atoms with E-state index in [0.29, 0.717) is 0 Å². The lowest BCUT2D eigenvalue weighted by Gasteiger charge is -1.97. The second kappa shape index (κ2) is 7.96. The van der Waals surface area contributed by atoms with Gasteiger partial charge in [0, 0.05) is 13.7 Å². The predicted molar refractivity (Wildman–Crippen MR) is 40.6 cm³/mol. The Morgan fingerprint density at radius 2 is 1.67 bits per heavy atom. The third kappa shape index (κ3) is 7.96. The molecule has 0 saturated carbocycles. The first kappa shape index (κ1) is 8.96. The normalized spacial score (nSPS) is 10.0. The monoisotopic (exact) mass is 130 g/mol. The van der Waals surface area contributed by atoms with E-state index in [2.05, 4.69) is 6.92 Å². The van der Waals surface area contributed by atoms with Crippen LogP contribution in [0.4, 0.5) is 0 Å². The van der Waals surface area contributed by atoms with Crippen molar-refractivity contribution in [3.8, 4) is 0 Å². The molecule has 9 heavy (non-hydrogen) atoms. The molecule has 0 amide bonds. The highest BCUT2D eigenvalue weighted by Crippen LogP contribution is 2.01. The van der Waals surface area contributed by atoms with Crippen molar-refractivity contribution in [2.75, 3.05) is 13.7 Å². The maximum Gasteiger partial charge on any atom is 0.0462 e. The standard InChI is InChI=1S/C8H18O/c1-3-4-5-6-7-8-9-2/h3-8H2,1-2H3. The molecule has 0 aliphatic carbocycles. The van der Waals surface area contributed by atoms with Crippen LogP contribution in [-0.4, -0.2) is 13.7 Å². The minimum atomic E-state index is 0.934. The van der Waals surface area contributed by atoms with Crippen LogP contribution in [0.15, 0.2) is 0 Å². The van der Waals surface area contributed by atoms with Crippen LogP contribution in [0.1, 0.15) is 39.0 Å². The lowest BCUT2D eigenvalue weighted by atomic mass is 10.2. The molecular formula is C8H18O. The second-order valence-electron chi connectivity index (χ2n) is 2.41. The summed E-state index contributed by atoms with van der Waals surface area (Å²) >= 11 is 0. The van der Waals surface area contributed by atoms with E-state index in [0.717, 1.165) is 6.61 Å². The van der Waals surface area contributed by atoms with Gasteiger partial charge < -0.3 is 4.74 Å². The summed E-state index contributed by atoms with van der Waals surface area (Å²) in [7, 11) is 1.76. The topological polar surface area (TPSA) is 9.23 Å². The minimum absolute atomic E-state index is 0.934. The van der Waals surface area contributed by atoms with Gasteiger partial charge in [-0.2, -0.15) is 0 Å². The molecular weight excluding hydrogens is 112 g/mol. The summed E-state index contributed by atoms with van der Waals surface area (Å²) in [6, 6.07) is 0. The molecule has 0 aromatic carbocycles. The summed E-state index contributed by atoms with van der Waals surface area (Å²) in [5.41, 5.74) is 0. The largest absolute Gasteiger partial charge is 0.385 e. The van der Waals surface area contributed by atoms with Gasteiger partial charge in [-0.05, 0) is 6.42 Å². The SMILES string of the molecule is CCCCCCCOC. The maximum absolute atomic E-state index is 4.92. The molecule has 0 saturated heterocycles. The molecule has 0 spiro atoms. The summed E-state index contributed by atoms with van der Waals surface area (Å²) in [5, 5.41) is 0. The molecule has 0 rings (SSSR count). The van der Waals surface area contributed by atoms with Gasteiger partial charge in [0.1, 0.15) is 0 Å². The molecule has 0 heterocycles. The average molecular weight is 130 g/mol. The highest BCUT2D eigenvalue weighted by molar-refractivity contribution is 4.40. The summed E-state index contributed by atoms with van der Waals surface area (Å²) in [6.07, 6.45) is 6.65. The Morgan fingerprint density at radius 3 is 2.22 bits per heavy atom. The average Bonchev–Trinajstić information content (AvgIpc) is 1.89. The number of rotatable bonds is 6. The Labute approximate surface area is 58.4 Å². The van der Waals surface area contributed by atoms with Gasteiger partial charge in [0.25, 0.3) is 0 Å². The molecule has 0 bridgehead atoms. The fraction of sp³-hybridized carbons (Fsp3) is 1.00. The zero-order valence-corrected chi connectivity index (χ0v) is 6.65. The summed E-state index contributed by atoms with van der Waals surface area (Å²) < 4.78 is 4.92. The van der Waals surface area contributed by atoms with E-state index >= 15 is 0 Å². The quantitative estimate of drug-likeness (QED) is 0.502. The molecule has 1 heteroatoms. The maximum atomic E-state index is 4.92. The Hall–Kier alpha value is -0.0400. The molecule has 0 fully saturated rings. The third-order valence-corrected chi connectivity index (χ3v) is 1.45. The van der Waals surface area contributed by atoms with E-state index < -0.39 is 0 Å². The summed E-state index contributed by atoms with van der Waals surface area (Å²) in [4.78, 5) is 0. The van der Waals surface area contributed by atoms with Crippen molar-refractivity contribution < 1.29 is 4.74 Å². The van der Waals surface area contributed by atoms with Crippen molar-refractivity contribution in [1.82, 2.24) is 0 Å². The molecule has 0 aromatic heterocycles. The van der Waals surface area contributed by atoms with Gasteiger partial charge in [0.05, 0.1) is 0 Å². The Morgan fingerprint density at radius 1 is 1.00 bits per heavy atom. The Bertz CT molecular complexity index is 37.8. The van der Waals surface area contributed by atoms with Crippen molar-refractivity contribution in [2.45, 2.75) is 39.0 Å². The van der Waals surface area contributed by atoms with E-state index in [1.54, 1.807) is 7.11 Å². The van der Waals surface area contributed by atoms with Gasteiger partial charge in [-0.25, -0.2) is 0 Å². The molecule has 0 aromatic rings. The molecule has 0 aliphatic rings. The molecule has 1 nitrogen and oxygen atoms in total. The second-order valence-corrected chi connectivity index (χ2v) is 2.41. The van der Waals surface area contributed by atoms with Crippen molar-refractivity contribution in [1.29, 1.82) is 0 Å². The lowest BCUT2D eigenvalue weighted by Crippen LogP contribution is -1.87. The number of unbranched alkanes of at least 4 members (excludes halogenated alkanes) is 4. The van der Waals surface area contributed by atoms with Crippen molar-refractivity contribution in [2.24, 2.45) is 0 Å². The van der Waals surface area contributed by atoms with Crippen LogP contribution in [-0.2, 0) is 4.74 Å². The van der Waals surface area contributed by atoms with Gasteiger partial charge in [0.2, 0.25) is 0 Å². The van der Waals surface area contributed by atoms with Gasteiger partial charge in [-0.3, -0.25) is 0 Å². The zero-order valence-electron chi connectivity index (χ0n) is 6.65. The highest BCUT2D eigenvalue weighted by atomic mass is 16.5. The highest BCUT2D eigenvalue weighted by Gasteiger charge is 1.85. The molecule has 0 atom stereocenters. The molecule has 56 valence electrons. The number of ether oxygens (including phenoxy) is 1. The van der Waals surface area contributed by atoms with Crippen LogP contribution >= 0.6 is 0 Å². The van der Waals surface area contributed by atoms with Crippen molar-refractivity contribution in [3.05, 3.63) is 0 Å². The van der Waals surface area contributed by atoms with E-state index in [-0.39, 0.29) is 0 Å². The van der Waals surface area contributed by atoms with Gasteiger partial charge in [-0.15, -0.1) is 0 Å². The first-order valence-electron chi connectivity index (χ1n) is 3.90. The van der Waals surface area contributed by atoms with Crippen molar-refractivity contribution in [3.63, 3.8) is 0 Å². The fourth-order valence-corrected chi connectivity index (χ4v) is 0.850. The Balaban J connectivity index is 2.60. The Kier molecular flexibility index (Phi) is 7.92. The first-order chi connectivity index (χ1) is 4.41. The van der Waals surface area contributed by atoms with Crippen LogP contribution in [0.2, 0.25) is 0 Å². The zero-order chi connectivity index (χ0) is 6.95. The van der Waals surface area contributed by atoms with Crippen LogP contribution in [0.25, 0.3) is 0 Å². The van der Waals surface area contributed by atoms with Crippen LogP contribution in [0.3, 0.4) is 0 Å². The summed E-state index contributed by atoms with van der Waals surface area (Å²) in [6.45, 7) is 3.17. The van der Waals surface area contributed by atoms with E-state index in [9.17, 15) is 0 Å². The third-order valence-electron chi connectivity index (χ3n) is 1.45. The molecule has 0 unspecified atom stereocenters. The predicted octanol–water partition coefficient (Wildman–Crippen LogP) is 2.60. The number of methoxy groups -OCH3 is 1. The van der Waals surface area contributed by atoms with E-state index in [1.165, 1.54) is 32.1 Å². The minimum Gasteiger partial charge on any atom is -0.385 e. The van der Waals surface area contributed by atoms with Crippen LogP contribution in [0, 0.1) is 0 Å². The van der Waals surface area contributed by atoms with E-state index in [4.69, 9.17) is 4.74 Å². The molecule has 0 aliphatic heterocycles. The fourth-order valence-electron chi connectivity index (χ4n) is 0.850. The summed E-state index contributed by atoms with van der Waals surface area (Å²) in [5.74, 6) is 0. The lowest BCUT2D eigenvalue weighted by molar-refractivity contribution is 0.192. The number of hydrogen-bond acceptors (Lipinski definition) is 1. The first-order valence-corrected chi connectivity index (χ1v) is 3.90. The van der Waals surface area contributed by atoms with E-state index in [1.807, 2.05) is 0 Å². The van der Waals surface area contributed by atoms with Crippen LogP contribution < -0.4 is 0 Å². The molecule has 0 radical (unpaired) electrons. The van der Waals surface area contributed by atoms with Crippen molar-refractivity contribution >= 4 is 0 Å². The smallest absolute Gasteiger partial charge is 0.0462 e. The molecule has 0 N–H and O–H groups in total.